The van der Waals surface area contributed by atoms with Crippen LogP contribution in [0.25, 0.3) is 0 Å². The molecule has 1 unspecified atom stereocenters. The molecule has 0 aromatic heterocycles. The van der Waals surface area contributed by atoms with Crippen molar-refractivity contribution in [2.45, 2.75) is 38.0 Å². The first-order valence-corrected chi connectivity index (χ1v) is 4.97. The number of nitrogens with one attached hydrogen (secondary N) is 2. The van der Waals surface area contributed by atoms with Gasteiger partial charge in [0.05, 0.1) is 6.61 Å². The number of rotatable bonds is 2. The van der Waals surface area contributed by atoms with E-state index in [0.717, 1.165) is 19.7 Å². The maximum absolute atomic E-state index is 5.70. The Hall–Kier alpha value is -0.120. The van der Waals surface area contributed by atoms with Crippen molar-refractivity contribution in [3.8, 4) is 0 Å². The Labute approximate surface area is 73.9 Å². The van der Waals surface area contributed by atoms with E-state index in [-0.39, 0.29) is 5.72 Å². The number of hydrogen-bond acceptors (Lipinski definition) is 3. The minimum atomic E-state index is 0.0120. The third kappa shape index (κ3) is 1.49. The predicted molar refractivity (Wildman–Crippen MR) is 48.0 cm³/mol. The van der Waals surface area contributed by atoms with Gasteiger partial charge in [-0.25, -0.2) is 0 Å². The quantitative estimate of drug-likeness (QED) is 0.632. The second-order valence-corrected chi connectivity index (χ2v) is 3.86. The minimum absolute atomic E-state index is 0.0120. The summed E-state index contributed by atoms with van der Waals surface area (Å²) in [6, 6.07) is 0.686. The molecular weight excluding hydrogens is 152 g/mol. The molecule has 2 N–H and O–H groups in total. The summed E-state index contributed by atoms with van der Waals surface area (Å²) in [6.45, 7) is 5.13. The second kappa shape index (κ2) is 3.32. The molecule has 0 amide bonds. The predicted octanol–water partition coefficient (Wildman–Crippen LogP) is 0.465. The fraction of sp³-hybridized carbons (Fsp3) is 1.00. The molecule has 0 bridgehead atoms. The summed E-state index contributed by atoms with van der Waals surface area (Å²) >= 11 is 0. The molecule has 2 heterocycles. The van der Waals surface area contributed by atoms with Gasteiger partial charge in [-0.3, -0.25) is 5.32 Å². The van der Waals surface area contributed by atoms with Gasteiger partial charge in [0.2, 0.25) is 0 Å². The minimum Gasteiger partial charge on any atom is -0.358 e. The van der Waals surface area contributed by atoms with E-state index in [9.17, 15) is 0 Å². The van der Waals surface area contributed by atoms with Crippen molar-refractivity contribution in [1.29, 1.82) is 0 Å². The van der Waals surface area contributed by atoms with Crippen molar-refractivity contribution >= 4 is 0 Å². The van der Waals surface area contributed by atoms with Gasteiger partial charge in [0.15, 0.2) is 0 Å². The molecule has 2 rings (SSSR count). The molecule has 70 valence electrons. The lowest BCUT2D eigenvalue weighted by Crippen LogP contribution is -2.73. The highest BCUT2D eigenvalue weighted by Crippen LogP contribution is 2.21. The van der Waals surface area contributed by atoms with Crippen molar-refractivity contribution in [1.82, 2.24) is 10.6 Å². The second-order valence-electron chi connectivity index (χ2n) is 3.86. The summed E-state index contributed by atoms with van der Waals surface area (Å²) in [5, 5.41) is 6.83. The molecule has 0 aromatic rings. The van der Waals surface area contributed by atoms with E-state index in [2.05, 4.69) is 17.6 Å². The number of ether oxygens (including phenoxy) is 1. The van der Waals surface area contributed by atoms with E-state index >= 15 is 0 Å². The lowest BCUT2D eigenvalue weighted by atomic mass is 9.99. The van der Waals surface area contributed by atoms with Gasteiger partial charge in [0.1, 0.15) is 5.72 Å². The largest absolute Gasteiger partial charge is 0.358 e. The molecular formula is C9H18N2O. The summed E-state index contributed by atoms with van der Waals surface area (Å²) in [4.78, 5) is 0. The first-order valence-electron chi connectivity index (χ1n) is 4.97. The van der Waals surface area contributed by atoms with Crippen molar-refractivity contribution in [2.24, 2.45) is 0 Å². The van der Waals surface area contributed by atoms with Gasteiger partial charge >= 0.3 is 0 Å². The van der Waals surface area contributed by atoms with Crippen molar-refractivity contribution < 1.29 is 4.74 Å². The van der Waals surface area contributed by atoms with Crippen LogP contribution in [0.5, 0.6) is 0 Å². The molecule has 2 fully saturated rings. The van der Waals surface area contributed by atoms with Gasteiger partial charge in [0, 0.05) is 19.1 Å². The van der Waals surface area contributed by atoms with E-state index in [4.69, 9.17) is 4.74 Å². The topological polar surface area (TPSA) is 33.3 Å². The zero-order valence-corrected chi connectivity index (χ0v) is 7.73. The van der Waals surface area contributed by atoms with Crippen LogP contribution in [0.1, 0.15) is 26.2 Å². The molecule has 12 heavy (non-hydrogen) atoms. The highest BCUT2D eigenvalue weighted by atomic mass is 16.5. The molecule has 0 aliphatic carbocycles. The van der Waals surface area contributed by atoms with Crippen LogP contribution >= 0.6 is 0 Å². The van der Waals surface area contributed by atoms with E-state index < -0.39 is 0 Å². The first-order chi connectivity index (χ1) is 5.85. The van der Waals surface area contributed by atoms with Crippen LogP contribution in [0.15, 0.2) is 0 Å². The average molecular weight is 170 g/mol. The van der Waals surface area contributed by atoms with Crippen LogP contribution in [0, 0.1) is 0 Å². The molecule has 2 aliphatic heterocycles. The molecule has 0 radical (unpaired) electrons. The van der Waals surface area contributed by atoms with Crippen LogP contribution < -0.4 is 10.6 Å². The van der Waals surface area contributed by atoms with Gasteiger partial charge in [-0.05, 0) is 12.8 Å². The Kier molecular flexibility index (Phi) is 2.35. The van der Waals surface area contributed by atoms with Crippen molar-refractivity contribution in [3.63, 3.8) is 0 Å². The lowest BCUT2D eigenvalue weighted by molar-refractivity contribution is -0.140. The summed E-state index contributed by atoms with van der Waals surface area (Å²) in [5.74, 6) is 0. The van der Waals surface area contributed by atoms with E-state index in [0.29, 0.717) is 6.04 Å². The zero-order chi connectivity index (χ0) is 8.44. The van der Waals surface area contributed by atoms with Crippen LogP contribution in [0.2, 0.25) is 0 Å². The third-order valence-corrected chi connectivity index (χ3v) is 2.77. The molecule has 3 heteroatoms. The Morgan fingerprint density at radius 3 is 2.92 bits per heavy atom. The molecule has 3 nitrogen and oxygen atoms in total. The summed E-state index contributed by atoms with van der Waals surface area (Å²) < 4.78 is 5.70. The van der Waals surface area contributed by atoms with Gasteiger partial charge in [-0.1, -0.05) is 13.3 Å². The van der Waals surface area contributed by atoms with Gasteiger partial charge < -0.3 is 10.1 Å². The molecule has 2 saturated heterocycles. The maximum atomic E-state index is 5.70. The molecule has 0 saturated carbocycles. The summed E-state index contributed by atoms with van der Waals surface area (Å²) in [7, 11) is 0. The van der Waals surface area contributed by atoms with E-state index in [1.807, 2.05) is 0 Å². The molecule has 1 spiro atoms. The lowest BCUT2D eigenvalue weighted by Gasteiger charge is -2.48. The van der Waals surface area contributed by atoms with E-state index in [1.165, 1.54) is 19.3 Å². The first kappa shape index (κ1) is 8.48. The maximum Gasteiger partial charge on any atom is 0.144 e. The Balaban J connectivity index is 1.85. The Bertz CT molecular complexity index is 155. The average Bonchev–Trinajstić information content (AvgIpc) is 2.03. The molecule has 1 atom stereocenters. The van der Waals surface area contributed by atoms with Crippen molar-refractivity contribution in [3.05, 3.63) is 0 Å². The smallest absolute Gasteiger partial charge is 0.144 e. The highest BCUT2D eigenvalue weighted by molar-refractivity contribution is 4.96. The fourth-order valence-corrected chi connectivity index (χ4v) is 2.00. The van der Waals surface area contributed by atoms with Crippen LogP contribution in [0.3, 0.4) is 0 Å². The zero-order valence-electron chi connectivity index (χ0n) is 7.73. The van der Waals surface area contributed by atoms with Gasteiger partial charge in [-0.15, -0.1) is 0 Å². The summed E-state index contributed by atoms with van der Waals surface area (Å²) in [5.41, 5.74) is 0.0120. The molecule has 2 aliphatic rings. The van der Waals surface area contributed by atoms with Gasteiger partial charge in [0.25, 0.3) is 0 Å². The fourth-order valence-electron chi connectivity index (χ4n) is 2.00. The Morgan fingerprint density at radius 2 is 2.33 bits per heavy atom. The van der Waals surface area contributed by atoms with Gasteiger partial charge in [-0.2, -0.15) is 0 Å². The van der Waals surface area contributed by atoms with Crippen LogP contribution in [-0.2, 0) is 4.74 Å². The van der Waals surface area contributed by atoms with Crippen LogP contribution in [0.4, 0.5) is 0 Å². The third-order valence-electron chi connectivity index (χ3n) is 2.77. The van der Waals surface area contributed by atoms with E-state index in [1.54, 1.807) is 0 Å². The standard InChI is InChI=1S/C9H18N2O/c1-2-3-8-4-5-12-9(11-8)6-10-7-9/h8,10-11H,2-7H2,1H3. The SMILES string of the molecule is CCCC1CCOC2(CNC2)N1. The summed E-state index contributed by atoms with van der Waals surface area (Å²) in [6.07, 6.45) is 3.72. The monoisotopic (exact) mass is 170 g/mol. The molecule has 0 aromatic carbocycles. The number of hydrogen-bond donors (Lipinski definition) is 2. The highest BCUT2D eigenvalue weighted by Gasteiger charge is 2.41. The Morgan fingerprint density at radius 1 is 1.50 bits per heavy atom. The van der Waals surface area contributed by atoms with Crippen molar-refractivity contribution in [2.75, 3.05) is 19.7 Å². The van der Waals surface area contributed by atoms with Crippen LogP contribution in [-0.4, -0.2) is 31.5 Å². The normalized spacial score (nSPS) is 33.2.